The number of halogens is 3. The first-order valence-electron chi connectivity index (χ1n) is 5.74. The number of nitrogens with zero attached hydrogens (tertiary/aromatic N) is 1. The van der Waals surface area contributed by atoms with Crippen LogP contribution >= 0.6 is 0 Å². The summed E-state index contributed by atoms with van der Waals surface area (Å²) in [6, 6.07) is 1.48. The van der Waals surface area contributed by atoms with Gasteiger partial charge in [0.2, 0.25) is 0 Å². The maximum Gasteiger partial charge on any atom is 0.254 e. The maximum atomic E-state index is 13.1. The van der Waals surface area contributed by atoms with Crippen LogP contribution in [0.15, 0.2) is 12.1 Å². The Hall–Kier alpha value is -1.52. The van der Waals surface area contributed by atoms with Gasteiger partial charge in [0.25, 0.3) is 5.91 Å². The number of hydrogen-bond acceptors (Lipinski definition) is 1. The third-order valence-corrected chi connectivity index (χ3v) is 3.20. The van der Waals surface area contributed by atoms with E-state index in [1.54, 1.807) is 0 Å². The van der Waals surface area contributed by atoms with E-state index < -0.39 is 23.4 Å². The summed E-state index contributed by atoms with van der Waals surface area (Å²) in [6.45, 7) is 5.12. The van der Waals surface area contributed by atoms with Crippen molar-refractivity contribution in [2.75, 3.05) is 13.1 Å². The van der Waals surface area contributed by atoms with Crippen molar-refractivity contribution in [3.8, 4) is 0 Å². The lowest BCUT2D eigenvalue weighted by atomic mass is 9.93. The van der Waals surface area contributed by atoms with Crippen molar-refractivity contribution in [3.63, 3.8) is 0 Å². The fraction of sp³-hybridized carbons (Fsp3) is 0.462. The van der Waals surface area contributed by atoms with Crippen molar-refractivity contribution >= 4 is 5.91 Å². The minimum atomic E-state index is -1.55. The first-order valence-corrected chi connectivity index (χ1v) is 5.74. The van der Waals surface area contributed by atoms with Gasteiger partial charge < -0.3 is 4.90 Å². The molecular formula is C13H14F3NO. The third kappa shape index (κ3) is 2.35. The first-order chi connectivity index (χ1) is 8.30. The molecule has 1 fully saturated rings. The Bertz CT molecular complexity index is 476. The van der Waals surface area contributed by atoms with Gasteiger partial charge in [0.1, 0.15) is 0 Å². The highest BCUT2D eigenvalue weighted by Crippen LogP contribution is 2.30. The second kappa shape index (κ2) is 4.30. The number of rotatable bonds is 1. The van der Waals surface area contributed by atoms with E-state index >= 15 is 0 Å². The summed E-state index contributed by atoms with van der Waals surface area (Å²) in [5.41, 5.74) is -0.142. The van der Waals surface area contributed by atoms with E-state index in [1.807, 2.05) is 13.8 Å². The highest BCUT2D eigenvalue weighted by molar-refractivity contribution is 5.94. The maximum absolute atomic E-state index is 13.1. The molecule has 2 rings (SSSR count). The normalized spacial score (nSPS) is 18.2. The summed E-state index contributed by atoms with van der Waals surface area (Å²) in [6.07, 6.45) is 0.838. The smallest absolute Gasteiger partial charge is 0.254 e. The van der Waals surface area contributed by atoms with Crippen LogP contribution in [0.3, 0.4) is 0 Å². The van der Waals surface area contributed by atoms with Crippen molar-refractivity contribution in [2.24, 2.45) is 5.41 Å². The van der Waals surface area contributed by atoms with Crippen LogP contribution in [0, 0.1) is 22.9 Å². The van der Waals surface area contributed by atoms with Gasteiger partial charge in [-0.3, -0.25) is 4.79 Å². The molecule has 0 radical (unpaired) electrons. The van der Waals surface area contributed by atoms with E-state index in [0.717, 1.165) is 18.6 Å². The molecule has 1 aromatic carbocycles. The Balaban J connectivity index is 2.25. The van der Waals surface area contributed by atoms with Crippen LogP contribution in [-0.2, 0) is 0 Å². The average Bonchev–Trinajstić information content (AvgIpc) is 2.65. The molecule has 2 nitrogen and oxygen atoms in total. The molecule has 0 aliphatic carbocycles. The molecule has 0 saturated carbocycles. The Morgan fingerprint density at radius 3 is 2.22 bits per heavy atom. The lowest BCUT2D eigenvalue weighted by Crippen LogP contribution is -2.30. The highest BCUT2D eigenvalue weighted by Gasteiger charge is 2.32. The van der Waals surface area contributed by atoms with Gasteiger partial charge in [-0.1, -0.05) is 13.8 Å². The fourth-order valence-corrected chi connectivity index (χ4v) is 2.15. The van der Waals surface area contributed by atoms with E-state index in [2.05, 4.69) is 0 Å². The molecule has 1 heterocycles. The second-order valence-electron chi connectivity index (χ2n) is 5.39. The number of likely N-dealkylation sites (tertiary alicyclic amines) is 1. The summed E-state index contributed by atoms with van der Waals surface area (Å²) >= 11 is 0. The van der Waals surface area contributed by atoms with Crippen molar-refractivity contribution in [3.05, 3.63) is 35.1 Å². The summed E-state index contributed by atoms with van der Waals surface area (Å²) in [5, 5.41) is 0. The minimum absolute atomic E-state index is 0.00673. The van der Waals surface area contributed by atoms with Crippen LogP contribution in [-0.4, -0.2) is 23.9 Å². The number of benzene rings is 1. The molecule has 1 saturated heterocycles. The highest BCUT2D eigenvalue weighted by atomic mass is 19.2. The lowest BCUT2D eigenvalue weighted by Gasteiger charge is -2.20. The molecule has 1 aromatic rings. The van der Waals surface area contributed by atoms with Crippen molar-refractivity contribution in [1.29, 1.82) is 0 Å². The van der Waals surface area contributed by atoms with Gasteiger partial charge in [-0.05, 0) is 24.0 Å². The van der Waals surface area contributed by atoms with E-state index in [9.17, 15) is 18.0 Å². The largest absolute Gasteiger partial charge is 0.338 e. The Labute approximate surface area is 103 Å². The fourth-order valence-electron chi connectivity index (χ4n) is 2.15. The number of carbonyl (C=O) groups is 1. The van der Waals surface area contributed by atoms with Crippen LogP contribution in [0.4, 0.5) is 13.2 Å². The summed E-state index contributed by atoms with van der Waals surface area (Å²) in [7, 11) is 0. The van der Waals surface area contributed by atoms with Crippen LogP contribution in [0.5, 0.6) is 0 Å². The lowest BCUT2D eigenvalue weighted by molar-refractivity contribution is 0.0777. The Morgan fingerprint density at radius 1 is 1.22 bits per heavy atom. The van der Waals surface area contributed by atoms with E-state index in [-0.39, 0.29) is 11.0 Å². The van der Waals surface area contributed by atoms with Crippen molar-refractivity contribution in [1.82, 2.24) is 4.90 Å². The molecular weight excluding hydrogens is 243 g/mol. The van der Waals surface area contributed by atoms with Gasteiger partial charge in [-0.25, -0.2) is 13.2 Å². The monoisotopic (exact) mass is 257 g/mol. The van der Waals surface area contributed by atoms with Gasteiger partial charge in [-0.15, -0.1) is 0 Å². The molecule has 1 aliphatic heterocycles. The molecule has 18 heavy (non-hydrogen) atoms. The first kappa shape index (κ1) is 12.9. The average molecular weight is 257 g/mol. The van der Waals surface area contributed by atoms with E-state index in [4.69, 9.17) is 0 Å². The quantitative estimate of drug-likeness (QED) is 0.708. The predicted molar refractivity (Wildman–Crippen MR) is 60.6 cm³/mol. The van der Waals surface area contributed by atoms with Gasteiger partial charge in [0, 0.05) is 18.7 Å². The zero-order valence-electron chi connectivity index (χ0n) is 10.3. The molecule has 1 amide bonds. The Kier molecular flexibility index (Phi) is 3.09. The Morgan fingerprint density at radius 2 is 1.78 bits per heavy atom. The van der Waals surface area contributed by atoms with Gasteiger partial charge in [0.15, 0.2) is 17.5 Å². The van der Waals surface area contributed by atoms with Crippen molar-refractivity contribution < 1.29 is 18.0 Å². The molecule has 0 atom stereocenters. The molecule has 98 valence electrons. The van der Waals surface area contributed by atoms with Crippen LogP contribution in [0.25, 0.3) is 0 Å². The molecule has 0 bridgehead atoms. The number of amides is 1. The SMILES string of the molecule is CC1(C)CCN(C(=O)c2cc(F)c(F)c(F)c2)C1. The second-order valence-corrected chi connectivity index (χ2v) is 5.39. The van der Waals surface area contributed by atoms with Crippen LogP contribution in [0.2, 0.25) is 0 Å². The number of carbonyl (C=O) groups excluding carboxylic acids is 1. The molecule has 0 N–H and O–H groups in total. The summed E-state index contributed by atoms with van der Waals surface area (Å²) in [5.74, 6) is -4.68. The predicted octanol–water partition coefficient (Wildman–Crippen LogP) is 2.98. The minimum Gasteiger partial charge on any atom is -0.338 e. The molecule has 5 heteroatoms. The van der Waals surface area contributed by atoms with Crippen molar-refractivity contribution in [2.45, 2.75) is 20.3 Å². The summed E-state index contributed by atoms with van der Waals surface area (Å²) in [4.78, 5) is 13.6. The number of hydrogen-bond donors (Lipinski definition) is 0. The van der Waals surface area contributed by atoms with Gasteiger partial charge in [0.05, 0.1) is 0 Å². The van der Waals surface area contributed by atoms with E-state index in [0.29, 0.717) is 13.1 Å². The molecule has 0 aromatic heterocycles. The third-order valence-electron chi connectivity index (χ3n) is 3.20. The standard InChI is InChI=1S/C13H14F3NO/c1-13(2)3-4-17(7-13)12(18)8-5-9(14)11(16)10(15)6-8/h5-6H,3-4,7H2,1-2H3. The van der Waals surface area contributed by atoms with Gasteiger partial charge >= 0.3 is 0 Å². The van der Waals surface area contributed by atoms with Gasteiger partial charge in [-0.2, -0.15) is 0 Å². The molecule has 0 spiro atoms. The molecule has 1 aliphatic rings. The van der Waals surface area contributed by atoms with Crippen LogP contribution < -0.4 is 0 Å². The van der Waals surface area contributed by atoms with Crippen LogP contribution in [0.1, 0.15) is 30.6 Å². The molecule has 0 unspecified atom stereocenters. The topological polar surface area (TPSA) is 20.3 Å². The van der Waals surface area contributed by atoms with E-state index in [1.165, 1.54) is 4.90 Å². The zero-order valence-corrected chi connectivity index (χ0v) is 10.3. The zero-order chi connectivity index (χ0) is 13.5. The summed E-state index contributed by atoms with van der Waals surface area (Å²) < 4.78 is 38.9.